The lowest BCUT2D eigenvalue weighted by Crippen LogP contribution is -2.20. The van der Waals surface area contributed by atoms with Crippen molar-refractivity contribution >= 4 is 6.29 Å². The van der Waals surface area contributed by atoms with Gasteiger partial charge >= 0.3 is 0 Å². The number of hydrogen-bond donors (Lipinski definition) is 0. The molecule has 0 unspecified atom stereocenters. The number of nitrogens with zero attached hydrogens (tertiary/aromatic N) is 1. The molecule has 3 heteroatoms. The maximum atomic E-state index is 13.4. The van der Waals surface area contributed by atoms with E-state index < -0.39 is 0 Å². The number of benzene rings is 2. The van der Waals surface area contributed by atoms with Crippen LogP contribution in [0.2, 0.25) is 0 Å². The van der Waals surface area contributed by atoms with E-state index in [0.29, 0.717) is 0 Å². The molecule has 0 saturated carbocycles. The van der Waals surface area contributed by atoms with Crippen LogP contribution in [-0.2, 0) is 11.3 Å². The smallest absolute Gasteiger partial charge is 0.125 e. The Morgan fingerprint density at radius 3 is 2.62 bits per heavy atom. The largest absolute Gasteiger partial charge is 0.303 e. The van der Waals surface area contributed by atoms with Crippen LogP contribution < -0.4 is 0 Å². The topological polar surface area (TPSA) is 20.3 Å². The summed E-state index contributed by atoms with van der Waals surface area (Å²) in [6, 6.07) is 16.8. The Bertz CT molecular complexity index is 614. The number of rotatable bonds is 4. The van der Waals surface area contributed by atoms with Crippen molar-refractivity contribution in [3.63, 3.8) is 0 Å². The van der Waals surface area contributed by atoms with Crippen LogP contribution in [0.1, 0.15) is 17.0 Å². The average molecular weight is 283 g/mol. The summed E-state index contributed by atoms with van der Waals surface area (Å²) in [5.41, 5.74) is 2.16. The summed E-state index contributed by atoms with van der Waals surface area (Å²) in [6.45, 7) is 2.36. The third-order valence-corrected chi connectivity index (χ3v) is 4.14. The Hall–Kier alpha value is -2.00. The van der Waals surface area contributed by atoms with E-state index in [9.17, 15) is 9.18 Å². The van der Waals surface area contributed by atoms with Crippen LogP contribution in [0.15, 0.2) is 54.6 Å². The third-order valence-electron chi connectivity index (χ3n) is 4.14. The molecule has 2 aromatic rings. The molecule has 2 atom stereocenters. The highest BCUT2D eigenvalue weighted by Crippen LogP contribution is 2.32. The standard InChI is InChI=1S/C18H18FNO/c19-17-8-4-7-15(9-17)18-12-20(11-16(18)13-21)10-14-5-2-1-3-6-14/h1-9,13,16,18H,10-12H2/t16-,18-/m1/s1. The van der Waals surface area contributed by atoms with Crippen molar-refractivity contribution in [2.75, 3.05) is 13.1 Å². The SMILES string of the molecule is O=C[C@H]1CN(Cc2ccccc2)C[C@@H]1c1cccc(F)c1. The molecule has 1 aliphatic heterocycles. The van der Waals surface area contributed by atoms with Gasteiger partial charge in [-0.1, -0.05) is 42.5 Å². The van der Waals surface area contributed by atoms with Gasteiger partial charge in [0.1, 0.15) is 12.1 Å². The lowest BCUT2D eigenvalue weighted by atomic mass is 9.90. The van der Waals surface area contributed by atoms with Gasteiger partial charge in [-0.05, 0) is 23.3 Å². The summed E-state index contributed by atoms with van der Waals surface area (Å²) in [6.07, 6.45) is 1.01. The van der Waals surface area contributed by atoms with Gasteiger partial charge in [-0.3, -0.25) is 4.90 Å². The zero-order valence-electron chi connectivity index (χ0n) is 11.8. The minimum absolute atomic E-state index is 0.0597. The normalized spacial score (nSPS) is 22.3. The van der Waals surface area contributed by atoms with E-state index in [1.165, 1.54) is 11.6 Å². The van der Waals surface area contributed by atoms with Crippen molar-refractivity contribution in [2.24, 2.45) is 5.92 Å². The van der Waals surface area contributed by atoms with Crippen molar-refractivity contribution in [1.29, 1.82) is 0 Å². The van der Waals surface area contributed by atoms with E-state index in [4.69, 9.17) is 0 Å². The number of likely N-dealkylation sites (tertiary alicyclic amines) is 1. The monoisotopic (exact) mass is 283 g/mol. The Morgan fingerprint density at radius 1 is 1.10 bits per heavy atom. The predicted molar refractivity (Wildman–Crippen MR) is 80.4 cm³/mol. The summed E-state index contributed by atoms with van der Waals surface area (Å²) < 4.78 is 13.4. The first-order chi connectivity index (χ1) is 10.3. The van der Waals surface area contributed by atoms with Crippen LogP contribution in [0.3, 0.4) is 0 Å². The van der Waals surface area contributed by atoms with Crippen molar-refractivity contribution in [3.8, 4) is 0 Å². The van der Waals surface area contributed by atoms with Gasteiger partial charge in [0.15, 0.2) is 0 Å². The molecule has 0 radical (unpaired) electrons. The molecule has 0 N–H and O–H groups in total. The summed E-state index contributed by atoms with van der Waals surface area (Å²) >= 11 is 0. The highest BCUT2D eigenvalue weighted by Gasteiger charge is 2.33. The fourth-order valence-corrected chi connectivity index (χ4v) is 3.11. The maximum absolute atomic E-state index is 13.4. The molecule has 0 amide bonds. The average Bonchev–Trinajstić information content (AvgIpc) is 2.91. The van der Waals surface area contributed by atoms with Gasteiger partial charge in [0, 0.05) is 31.5 Å². The van der Waals surface area contributed by atoms with Gasteiger partial charge in [0.25, 0.3) is 0 Å². The summed E-state index contributed by atoms with van der Waals surface area (Å²) in [4.78, 5) is 13.6. The second-order valence-corrected chi connectivity index (χ2v) is 5.64. The summed E-state index contributed by atoms with van der Waals surface area (Å²) in [7, 11) is 0. The van der Waals surface area contributed by atoms with Crippen molar-refractivity contribution in [3.05, 3.63) is 71.5 Å². The van der Waals surface area contributed by atoms with Gasteiger partial charge in [0.05, 0.1) is 0 Å². The van der Waals surface area contributed by atoms with Crippen LogP contribution >= 0.6 is 0 Å². The van der Waals surface area contributed by atoms with Gasteiger partial charge in [-0.25, -0.2) is 4.39 Å². The number of hydrogen-bond acceptors (Lipinski definition) is 2. The lowest BCUT2D eigenvalue weighted by Gasteiger charge is -2.16. The Kier molecular flexibility index (Phi) is 4.11. The zero-order valence-corrected chi connectivity index (χ0v) is 11.8. The third kappa shape index (κ3) is 3.19. The highest BCUT2D eigenvalue weighted by molar-refractivity contribution is 5.57. The van der Waals surface area contributed by atoms with Crippen molar-refractivity contribution in [2.45, 2.75) is 12.5 Å². The predicted octanol–water partition coefficient (Wildman–Crippen LogP) is 3.24. The molecule has 2 nitrogen and oxygen atoms in total. The van der Waals surface area contributed by atoms with Crippen LogP contribution in [0.5, 0.6) is 0 Å². The van der Waals surface area contributed by atoms with E-state index in [-0.39, 0.29) is 17.7 Å². The summed E-state index contributed by atoms with van der Waals surface area (Å²) in [5.74, 6) is -0.212. The molecule has 2 aromatic carbocycles. The molecule has 108 valence electrons. The van der Waals surface area contributed by atoms with Crippen molar-refractivity contribution in [1.82, 2.24) is 4.90 Å². The number of halogens is 1. The van der Waals surface area contributed by atoms with E-state index >= 15 is 0 Å². The van der Waals surface area contributed by atoms with E-state index in [0.717, 1.165) is 31.5 Å². The molecule has 0 spiro atoms. The maximum Gasteiger partial charge on any atom is 0.125 e. The van der Waals surface area contributed by atoms with E-state index in [1.807, 2.05) is 24.3 Å². The number of carbonyl (C=O) groups excluding carboxylic acids is 1. The van der Waals surface area contributed by atoms with Gasteiger partial charge < -0.3 is 4.79 Å². The first kappa shape index (κ1) is 14.0. The minimum atomic E-state index is -0.237. The fraction of sp³-hybridized carbons (Fsp3) is 0.278. The Balaban J connectivity index is 1.75. The molecule has 21 heavy (non-hydrogen) atoms. The number of carbonyl (C=O) groups is 1. The zero-order chi connectivity index (χ0) is 14.7. The van der Waals surface area contributed by atoms with Crippen molar-refractivity contribution < 1.29 is 9.18 Å². The molecule has 1 heterocycles. The molecule has 1 saturated heterocycles. The fourth-order valence-electron chi connectivity index (χ4n) is 3.11. The van der Waals surface area contributed by atoms with E-state index in [1.54, 1.807) is 12.1 Å². The quantitative estimate of drug-likeness (QED) is 0.803. The first-order valence-electron chi connectivity index (χ1n) is 7.23. The number of aldehydes is 1. The molecule has 0 aromatic heterocycles. The molecule has 3 rings (SSSR count). The van der Waals surface area contributed by atoms with Crippen LogP contribution in [-0.4, -0.2) is 24.3 Å². The van der Waals surface area contributed by atoms with E-state index in [2.05, 4.69) is 17.0 Å². The molecule has 1 aliphatic rings. The van der Waals surface area contributed by atoms with Crippen LogP contribution in [0.4, 0.5) is 4.39 Å². The van der Waals surface area contributed by atoms with Crippen LogP contribution in [0.25, 0.3) is 0 Å². The molecular formula is C18H18FNO. The molecule has 0 aliphatic carbocycles. The second-order valence-electron chi connectivity index (χ2n) is 5.64. The lowest BCUT2D eigenvalue weighted by molar-refractivity contribution is -0.111. The second kappa shape index (κ2) is 6.19. The van der Waals surface area contributed by atoms with Gasteiger partial charge in [-0.2, -0.15) is 0 Å². The Morgan fingerprint density at radius 2 is 1.90 bits per heavy atom. The van der Waals surface area contributed by atoms with Crippen LogP contribution in [0, 0.1) is 11.7 Å². The van der Waals surface area contributed by atoms with Gasteiger partial charge in [0.2, 0.25) is 0 Å². The molecule has 1 fully saturated rings. The molecular weight excluding hydrogens is 265 g/mol. The molecule has 0 bridgehead atoms. The minimum Gasteiger partial charge on any atom is -0.303 e. The van der Waals surface area contributed by atoms with Gasteiger partial charge in [-0.15, -0.1) is 0 Å². The first-order valence-corrected chi connectivity index (χ1v) is 7.23. The Labute approximate surface area is 124 Å². The summed E-state index contributed by atoms with van der Waals surface area (Å²) in [5, 5.41) is 0. The highest BCUT2D eigenvalue weighted by atomic mass is 19.1.